The van der Waals surface area contributed by atoms with E-state index >= 15 is 0 Å². The predicted molar refractivity (Wildman–Crippen MR) is 90.7 cm³/mol. The van der Waals surface area contributed by atoms with E-state index in [2.05, 4.69) is 61.4 Å². The second kappa shape index (κ2) is 8.81. The van der Waals surface area contributed by atoms with Crippen LogP contribution in [0.4, 0.5) is 5.69 Å². The summed E-state index contributed by atoms with van der Waals surface area (Å²) >= 11 is 0. The molecule has 2 nitrogen and oxygen atoms in total. The lowest BCUT2D eigenvalue weighted by atomic mass is 10.0. The number of anilines is 1. The summed E-state index contributed by atoms with van der Waals surface area (Å²) in [7, 11) is 1.89. The third kappa shape index (κ3) is 5.19. The van der Waals surface area contributed by atoms with Crippen LogP contribution in [0.1, 0.15) is 19.4 Å². The van der Waals surface area contributed by atoms with Gasteiger partial charge in [-0.3, -0.25) is 0 Å². The quantitative estimate of drug-likeness (QED) is 0.718. The Bertz CT molecular complexity index is 505. The van der Waals surface area contributed by atoms with Gasteiger partial charge in [0.2, 0.25) is 0 Å². The van der Waals surface area contributed by atoms with E-state index in [1.54, 1.807) is 6.08 Å². The maximum atomic E-state index is 3.76. The molecule has 1 rings (SSSR count). The fourth-order valence-electron chi connectivity index (χ4n) is 1.85. The average molecular weight is 268 g/mol. The van der Waals surface area contributed by atoms with Crippen LogP contribution in [0, 0.1) is 0 Å². The SMILES string of the molecule is C=C/C=C(\C=C/NC)C(/C)=C/c1ccc(NCC)cc1. The van der Waals surface area contributed by atoms with E-state index in [0.717, 1.165) is 17.8 Å². The maximum Gasteiger partial charge on any atom is 0.0340 e. The van der Waals surface area contributed by atoms with Crippen molar-refractivity contribution in [1.29, 1.82) is 0 Å². The van der Waals surface area contributed by atoms with E-state index in [4.69, 9.17) is 0 Å². The molecule has 0 saturated heterocycles. The number of benzene rings is 1. The standard InChI is InChI=1S/C18H24N2/c1-5-7-17(12-13-19-4)15(3)14-16-8-10-18(11-9-16)20-6-2/h5,7-14,19-20H,1,6H2,2-4H3/b13-12-,15-14+,17-7+. The first-order valence-corrected chi connectivity index (χ1v) is 6.90. The van der Waals surface area contributed by atoms with Gasteiger partial charge in [-0.2, -0.15) is 0 Å². The number of allylic oxidation sites excluding steroid dienone is 5. The first-order chi connectivity index (χ1) is 9.71. The minimum absolute atomic E-state index is 0.940. The molecule has 0 heterocycles. The topological polar surface area (TPSA) is 24.1 Å². The molecular weight excluding hydrogens is 244 g/mol. The van der Waals surface area contributed by atoms with Crippen LogP contribution in [-0.4, -0.2) is 13.6 Å². The molecule has 0 aliphatic rings. The number of hydrogen-bond acceptors (Lipinski definition) is 2. The van der Waals surface area contributed by atoms with Crippen LogP contribution in [0.5, 0.6) is 0 Å². The molecule has 0 aromatic heterocycles. The molecule has 0 bridgehead atoms. The second-order valence-electron chi connectivity index (χ2n) is 4.46. The third-order valence-electron chi connectivity index (χ3n) is 2.86. The maximum absolute atomic E-state index is 3.76. The van der Waals surface area contributed by atoms with E-state index in [9.17, 15) is 0 Å². The van der Waals surface area contributed by atoms with Crippen molar-refractivity contribution >= 4 is 11.8 Å². The molecule has 0 unspecified atom stereocenters. The highest BCUT2D eigenvalue weighted by Gasteiger charge is 1.96. The summed E-state index contributed by atoms with van der Waals surface area (Å²) in [5.74, 6) is 0. The Hall–Kier alpha value is -2.22. The van der Waals surface area contributed by atoms with Gasteiger partial charge in [0.1, 0.15) is 0 Å². The van der Waals surface area contributed by atoms with Crippen LogP contribution in [0.3, 0.4) is 0 Å². The highest BCUT2D eigenvalue weighted by molar-refractivity contribution is 5.62. The van der Waals surface area contributed by atoms with Crippen molar-refractivity contribution in [2.75, 3.05) is 18.9 Å². The largest absolute Gasteiger partial charge is 0.394 e. The van der Waals surface area contributed by atoms with Gasteiger partial charge in [-0.1, -0.05) is 36.9 Å². The van der Waals surface area contributed by atoms with Gasteiger partial charge in [0.05, 0.1) is 0 Å². The van der Waals surface area contributed by atoms with Gasteiger partial charge in [0.15, 0.2) is 0 Å². The molecule has 0 aliphatic carbocycles. The summed E-state index contributed by atoms with van der Waals surface area (Å²) in [6, 6.07) is 8.44. The molecule has 1 aromatic rings. The molecule has 0 radical (unpaired) electrons. The molecule has 20 heavy (non-hydrogen) atoms. The molecule has 106 valence electrons. The van der Waals surface area contributed by atoms with Crippen molar-refractivity contribution in [3.05, 3.63) is 72.0 Å². The summed E-state index contributed by atoms with van der Waals surface area (Å²) in [5.41, 5.74) is 4.69. The predicted octanol–water partition coefficient (Wildman–Crippen LogP) is 4.37. The van der Waals surface area contributed by atoms with Gasteiger partial charge >= 0.3 is 0 Å². The van der Waals surface area contributed by atoms with Crippen LogP contribution in [0.2, 0.25) is 0 Å². The Kier molecular flexibility index (Phi) is 6.97. The lowest BCUT2D eigenvalue weighted by Crippen LogP contribution is -1.95. The fourth-order valence-corrected chi connectivity index (χ4v) is 1.85. The van der Waals surface area contributed by atoms with Crippen molar-refractivity contribution in [2.24, 2.45) is 0 Å². The van der Waals surface area contributed by atoms with Gasteiger partial charge in [-0.25, -0.2) is 0 Å². The molecule has 1 aromatic carbocycles. The number of nitrogens with one attached hydrogen (secondary N) is 2. The highest BCUT2D eigenvalue weighted by atomic mass is 14.8. The normalized spacial score (nSPS) is 12.6. The molecule has 0 fully saturated rings. The van der Waals surface area contributed by atoms with Crippen LogP contribution < -0.4 is 10.6 Å². The van der Waals surface area contributed by atoms with E-state index < -0.39 is 0 Å². The summed E-state index contributed by atoms with van der Waals surface area (Å²) in [5, 5.41) is 6.30. The molecule has 0 aliphatic heterocycles. The average Bonchev–Trinajstić information content (AvgIpc) is 2.45. The zero-order valence-corrected chi connectivity index (χ0v) is 12.6. The first-order valence-electron chi connectivity index (χ1n) is 6.90. The fraction of sp³-hybridized carbons (Fsp3) is 0.222. The summed E-state index contributed by atoms with van der Waals surface area (Å²) < 4.78 is 0. The van der Waals surface area contributed by atoms with Crippen molar-refractivity contribution in [2.45, 2.75) is 13.8 Å². The third-order valence-corrected chi connectivity index (χ3v) is 2.86. The molecule has 2 heteroatoms. The highest BCUT2D eigenvalue weighted by Crippen LogP contribution is 2.17. The molecule has 0 amide bonds. The van der Waals surface area contributed by atoms with E-state index in [1.807, 2.05) is 25.4 Å². The van der Waals surface area contributed by atoms with Gasteiger partial charge in [0.25, 0.3) is 0 Å². The summed E-state index contributed by atoms with van der Waals surface area (Å²) in [6.45, 7) is 8.90. The van der Waals surface area contributed by atoms with Crippen LogP contribution in [0.15, 0.2) is 66.4 Å². The van der Waals surface area contributed by atoms with Gasteiger partial charge < -0.3 is 10.6 Å². The Morgan fingerprint density at radius 2 is 1.95 bits per heavy atom. The van der Waals surface area contributed by atoms with Gasteiger partial charge in [-0.15, -0.1) is 0 Å². The Labute approximate surface area is 122 Å². The van der Waals surface area contributed by atoms with E-state index in [1.165, 1.54) is 11.1 Å². The van der Waals surface area contributed by atoms with Crippen molar-refractivity contribution in [3.8, 4) is 0 Å². The van der Waals surface area contributed by atoms with E-state index in [0.29, 0.717) is 0 Å². The van der Waals surface area contributed by atoms with Crippen molar-refractivity contribution in [3.63, 3.8) is 0 Å². The van der Waals surface area contributed by atoms with Crippen LogP contribution in [0.25, 0.3) is 6.08 Å². The smallest absolute Gasteiger partial charge is 0.0340 e. The molecule has 0 atom stereocenters. The van der Waals surface area contributed by atoms with E-state index in [-0.39, 0.29) is 0 Å². The van der Waals surface area contributed by atoms with Gasteiger partial charge in [0, 0.05) is 19.3 Å². The summed E-state index contributed by atoms with van der Waals surface area (Å²) in [4.78, 5) is 0. The Morgan fingerprint density at radius 3 is 2.50 bits per heavy atom. The molecule has 2 N–H and O–H groups in total. The lowest BCUT2D eigenvalue weighted by molar-refractivity contribution is 1.10. The molecular formula is C18H24N2. The monoisotopic (exact) mass is 268 g/mol. The first kappa shape index (κ1) is 15.8. The molecule has 0 spiro atoms. The molecule has 0 saturated carbocycles. The lowest BCUT2D eigenvalue weighted by Gasteiger charge is -2.05. The van der Waals surface area contributed by atoms with Crippen molar-refractivity contribution < 1.29 is 0 Å². The van der Waals surface area contributed by atoms with Crippen molar-refractivity contribution in [1.82, 2.24) is 5.32 Å². The zero-order valence-electron chi connectivity index (χ0n) is 12.6. The minimum Gasteiger partial charge on any atom is -0.394 e. The number of rotatable bonds is 7. The summed E-state index contributed by atoms with van der Waals surface area (Å²) in [6.07, 6.45) is 9.94. The van der Waals surface area contributed by atoms with Gasteiger partial charge in [-0.05, 0) is 55.0 Å². The van der Waals surface area contributed by atoms with Crippen LogP contribution >= 0.6 is 0 Å². The number of hydrogen-bond donors (Lipinski definition) is 2. The minimum atomic E-state index is 0.940. The Morgan fingerprint density at radius 1 is 1.25 bits per heavy atom. The van der Waals surface area contributed by atoms with Crippen LogP contribution in [-0.2, 0) is 0 Å². The second-order valence-corrected chi connectivity index (χ2v) is 4.46. The zero-order chi connectivity index (χ0) is 14.8. The Balaban J connectivity index is 2.92.